The Kier molecular flexibility index (Phi) is 5.53. The average molecular weight is 344 g/mol. The molecule has 0 aliphatic rings. The first-order valence-electron chi connectivity index (χ1n) is 6.61. The largest absolute Gasteiger partial charge is 0.423 e. The lowest BCUT2D eigenvalue weighted by Gasteiger charge is -2.04. The number of hydrazone groups is 1. The van der Waals surface area contributed by atoms with Crippen molar-refractivity contribution in [1.29, 1.82) is 0 Å². The lowest BCUT2D eigenvalue weighted by atomic mass is 10.2. The van der Waals surface area contributed by atoms with E-state index in [1.54, 1.807) is 24.3 Å². The maximum atomic E-state index is 12.0. The molecule has 0 saturated carbocycles. The lowest BCUT2D eigenvalue weighted by molar-refractivity contribution is -0.384. The molecule has 8 nitrogen and oxygen atoms in total. The number of esters is 1. The smallest absolute Gasteiger partial charge is 0.343 e. The standard InChI is InChI=1S/C15H12N4O4S/c16-15(24)18-17-9-10-1-7-13(8-2-10)23-14(20)11-3-5-12(6-4-11)19(21)22/h1-9H,(H3,16,18,24). The monoisotopic (exact) mass is 344 g/mol. The van der Waals surface area contributed by atoms with Crippen molar-refractivity contribution in [1.82, 2.24) is 5.43 Å². The van der Waals surface area contributed by atoms with E-state index in [1.165, 1.54) is 30.5 Å². The Morgan fingerprint density at radius 2 is 1.83 bits per heavy atom. The van der Waals surface area contributed by atoms with Crippen molar-refractivity contribution in [3.8, 4) is 5.75 Å². The molecule has 0 bridgehead atoms. The number of nitro benzene ring substituents is 1. The molecular formula is C15H12N4O4S. The van der Waals surface area contributed by atoms with Gasteiger partial charge in [0.25, 0.3) is 5.69 Å². The van der Waals surface area contributed by atoms with E-state index >= 15 is 0 Å². The summed E-state index contributed by atoms with van der Waals surface area (Å²) in [5.74, 6) is -0.278. The first kappa shape index (κ1) is 17.0. The van der Waals surface area contributed by atoms with Crippen LogP contribution in [-0.2, 0) is 0 Å². The number of nitrogens with zero attached hydrogens (tertiary/aromatic N) is 2. The third-order valence-corrected chi connectivity index (χ3v) is 2.88. The maximum absolute atomic E-state index is 12.0. The van der Waals surface area contributed by atoms with Gasteiger partial charge in [-0.1, -0.05) is 0 Å². The van der Waals surface area contributed by atoms with Gasteiger partial charge in [-0.2, -0.15) is 5.10 Å². The third kappa shape index (κ3) is 4.85. The highest BCUT2D eigenvalue weighted by Gasteiger charge is 2.11. The van der Waals surface area contributed by atoms with Gasteiger partial charge in [-0.05, 0) is 54.2 Å². The van der Waals surface area contributed by atoms with E-state index in [4.69, 9.17) is 10.5 Å². The van der Waals surface area contributed by atoms with Crippen LogP contribution in [0.3, 0.4) is 0 Å². The molecule has 2 rings (SSSR count). The molecule has 0 amide bonds. The molecule has 0 atom stereocenters. The van der Waals surface area contributed by atoms with Gasteiger partial charge in [-0.15, -0.1) is 0 Å². The Morgan fingerprint density at radius 1 is 1.21 bits per heavy atom. The predicted molar refractivity (Wildman–Crippen MR) is 92.0 cm³/mol. The average Bonchev–Trinajstić information content (AvgIpc) is 2.56. The van der Waals surface area contributed by atoms with Gasteiger partial charge in [-0.25, -0.2) is 4.79 Å². The summed E-state index contributed by atoms with van der Waals surface area (Å²) in [4.78, 5) is 22.0. The summed E-state index contributed by atoms with van der Waals surface area (Å²) in [7, 11) is 0. The van der Waals surface area contributed by atoms with Crippen molar-refractivity contribution in [2.45, 2.75) is 0 Å². The van der Waals surface area contributed by atoms with Crippen LogP contribution < -0.4 is 15.9 Å². The molecule has 2 aromatic carbocycles. The van der Waals surface area contributed by atoms with Crippen LogP contribution in [0.2, 0.25) is 0 Å². The Hall–Kier alpha value is -3.33. The Labute approximate surface area is 142 Å². The summed E-state index contributed by atoms with van der Waals surface area (Å²) in [6, 6.07) is 11.7. The van der Waals surface area contributed by atoms with Gasteiger partial charge >= 0.3 is 5.97 Å². The van der Waals surface area contributed by atoms with Crippen molar-refractivity contribution in [3.05, 3.63) is 69.8 Å². The molecule has 0 spiro atoms. The van der Waals surface area contributed by atoms with E-state index in [1.807, 2.05) is 0 Å². The van der Waals surface area contributed by atoms with Gasteiger partial charge in [0, 0.05) is 12.1 Å². The number of nitro groups is 1. The number of hydrogen-bond acceptors (Lipinski definition) is 6. The highest BCUT2D eigenvalue weighted by atomic mass is 32.1. The number of carbonyl (C=O) groups excluding carboxylic acids is 1. The second-order valence-electron chi connectivity index (χ2n) is 4.50. The van der Waals surface area contributed by atoms with E-state index in [0.717, 1.165) is 5.56 Å². The summed E-state index contributed by atoms with van der Waals surface area (Å²) in [6.07, 6.45) is 1.50. The highest BCUT2D eigenvalue weighted by molar-refractivity contribution is 7.80. The Morgan fingerprint density at radius 3 is 2.38 bits per heavy atom. The molecule has 0 unspecified atom stereocenters. The van der Waals surface area contributed by atoms with Crippen molar-refractivity contribution < 1.29 is 14.5 Å². The van der Waals surface area contributed by atoms with Crippen LogP contribution in [0.5, 0.6) is 5.75 Å². The fourth-order valence-corrected chi connectivity index (χ4v) is 1.73. The fourth-order valence-electron chi connectivity index (χ4n) is 1.68. The van der Waals surface area contributed by atoms with Gasteiger partial charge in [-0.3, -0.25) is 15.5 Å². The van der Waals surface area contributed by atoms with Gasteiger partial charge in [0.1, 0.15) is 5.75 Å². The number of thiocarbonyl (C=S) groups is 1. The summed E-state index contributed by atoms with van der Waals surface area (Å²) in [6.45, 7) is 0. The van der Waals surface area contributed by atoms with Crippen LogP contribution in [-0.4, -0.2) is 22.2 Å². The zero-order chi connectivity index (χ0) is 17.5. The summed E-state index contributed by atoms with van der Waals surface area (Å²) >= 11 is 4.61. The van der Waals surface area contributed by atoms with Crippen molar-refractivity contribution in [3.63, 3.8) is 0 Å². The zero-order valence-electron chi connectivity index (χ0n) is 12.2. The number of rotatable bonds is 5. The lowest BCUT2D eigenvalue weighted by Crippen LogP contribution is -2.23. The van der Waals surface area contributed by atoms with E-state index in [2.05, 4.69) is 22.7 Å². The topological polar surface area (TPSA) is 120 Å². The van der Waals surface area contributed by atoms with E-state index in [0.29, 0.717) is 5.75 Å². The molecule has 0 aliphatic carbocycles. The van der Waals surface area contributed by atoms with Crippen LogP contribution in [0.4, 0.5) is 5.69 Å². The minimum atomic E-state index is -0.610. The molecule has 3 N–H and O–H groups in total. The maximum Gasteiger partial charge on any atom is 0.343 e. The quantitative estimate of drug-likeness (QED) is 0.212. The fraction of sp³-hybridized carbons (Fsp3) is 0. The number of carbonyl (C=O) groups is 1. The highest BCUT2D eigenvalue weighted by Crippen LogP contribution is 2.16. The Balaban J connectivity index is 2.00. The minimum Gasteiger partial charge on any atom is -0.423 e. The van der Waals surface area contributed by atoms with Crippen molar-refractivity contribution in [2.75, 3.05) is 0 Å². The normalized spacial score (nSPS) is 10.3. The molecule has 0 heterocycles. The molecule has 2 aromatic rings. The van der Waals surface area contributed by atoms with Crippen molar-refractivity contribution in [2.24, 2.45) is 10.8 Å². The van der Waals surface area contributed by atoms with Gasteiger partial charge in [0.15, 0.2) is 5.11 Å². The number of ether oxygens (including phenoxy) is 1. The van der Waals surface area contributed by atoms with E-state index in [9.17, 15) is 14.9 Å². The van der Waals surface area contributed by atoms with Crippen LogP contribution in [0, 0.1) is 10.1 Å². The van der Waals surface area contributed by atoms with Crippen LogP contribution in [0.1, 0.15) is 15.9 Å². The van der Waals surface area contributed by atoms with Gasteiger partial charge in [0.05, 0.1) is 16.7 Å². The molecule has 0 aromatic heterocycles. The number of non-ortho nitro benzene ring substituents is 1. The van der Waals surface area contributed by atoms with E-state index < -0.39 is 10.9 Å². The summed E-state index contributed by atoms with van der Waals surface area (Å²) < 4.78 is 5.19. The van der Waals surface area contributed by atoms with Crippen LogP contribution >= 0.6 is 12.2 Å². The second kappa shape index (κ2) is 7.79. The molecule has 9 heteroatoms. The first-order chi connectivity index (χ1) is 11.5. The number of hydrogen-bond donors (Lipinski definition) is 2. The number of benzene rings is 2. The first-order valence-corrected chi connectivity index (χ1v) is 7.02. The number of nitrogens with one attached hydrogen (secondary N) is 1. The van der Waals surface area contributed by atoms with Gasteiger partial charge < -0.3 is 10.5 Å². The van der Waals surface area contributed by atoms with E-state index in [-0.39, 0.29) is 16.4 Å². The minimum absolute atomic E-state index is 0.0555. The summed E-state index contributed by atoms with van der Waals surface area (Å²) in [5, 5.41) is 14.4. The number of nitrogens with two attached hydrogens (primary N) is 1. The SMILES string of the molecule is NC(=S)NN=Cc1ccc(OC(=O)c2ccc([N+](=O)[O-])cc2)cc1. The zero-order valence-corrected chi connectivity index (χ0v) is 13.0. The predicted octanol–water partition coefficient (Wildman–Crippen LogP) is 1.98. The second-order valence-corrected chi connectivity index (χ2v) is 4.94. The molecule has 0 fully saturated rings. The molecule has 24 heavy (non-hydrogen) atoms. The van der Waals surface area contributed by atoms with Gasteiger partial charge in [0.2, 0.25) is 0 Å². The molecule has 0 radical (unpaired) electrons. The molecule has 122 valence electrons. The summed E-state index contributed by atoms with van der Waals surface area (Å²) in [5.41, 5.74) is 8.51. The third-order valence-electron chi connectivity index (χ3n) is 2.79. The molecule has 0 aliphatic heterocycles. The molecule has 0 saturated heterocycles. The molecular weight excluding hydrogens is 332 g/mol. The van der Waals surface area contributed by atoms with Crippen LogP contribution in [0.15, 0.2) is 53.6 Å². The van der Waals surface area contributed by atoms with Crippen molar-refractivity contribution >= 4 is 35.2 Å². The Bertz CT molecular complexity index is 788. The van der Waals surface area contributed by atoms with Crippen LogP contribution in [0.25, 0.3) is 0 Å².